The van der Waals surface area contributed by atoms with Crippen molar-refractivity contribution in [2.24, 2.45) is 0 Å². The number of carbonyl (C=O) groups excluding carboxylic acids is 3. The summed E-state index contributed by atoms with van der Waals surface area (Å²) in [5, 5.41) is 3.96. The zero-order chi connectivity index (χ0) is 23.2. The maximum absolute atomic E-state index is 12.2. The minimum atomic E-state index is -0.353. The first-order valence-corrected chi connectivity index (χ1v) is 12.7. The van der Waals surface area contributed by atoms with Crippen LogP contribution in [0.15, 0.2) is 0 Å². The van der Waals surface area contributed by atoms with Crippen molar-refractivity contribution in [3.63, 3.8) is 0 Å². The zero-order valence-electron chi connectivity index (χ0n) is 20.7. The second-order valence-corrected chi connectivity index (χ2v) is 8.46. The summed E-state index contributed by atoms with van der Waals surface area (Å²) >= 11 is 0. The van der Waals surface area contributed by atoms with Gasteiger partial charge in [-0.15, -0.1) is 0 Å². The van der Waals surface area contributed by atoms with E-state index in [1.807, 2.05) is 0 Å². The third-order valence-electron chi connectivity index (χ3n) is 5.44. The Labute approximate surface area is 202 Å². The third kappa shape index (κ3) is 20.6. The van der Waals surface area contributed by atoms with Gasteiger partial charge < -0.3 is 23.5 Å². The molecule has 190 valence electrons. The first-order chi connectivity index (χ1) is 15.0. The van der Waals surface area contributed by atoms with Crippen LogP contribution < -0.4 is 28.9 Å². The fourth-order valence-corrected chi connectivity index (χ4v) is 3.46. The summed E-state index contributed by atoms with van der Waals surface area (Å²) in [4.78, 5) is 36.3. The van der Waals surface area contributed by atoms with Crippen molar-refractivity contribution in [3.8, 4) is 0 Å². The van der Waals surface area contributed by atoms with Gasteiger partial charge in [0.1, 0.15) is 6.54 Å². The molecule has 0 fully saturated rings. The van der Waals surface area contributed by atoms with Crippen molar-refractivity contribution in [1.29, 1.82) is 0 Å². The SMILES string of the molecule is CCCCCCCCCCCCNC(=O)CN(NC(=O)CCCCCCC)C(=O)C[NH3+].[Cl-]. The molecule has 0 aromatic rings. The Morgan fingerprint density at radius 3 is 1.66 bits per heavy atom. The molecule has 0 rings (SSSR count). The molecule has 0 heterocycles. The summed E-state index contributed by atoms with van der Waals surface area (Å²) in [5.74, 6) is -0.824. The van der Waals surface area contributed by atoms with E-state index in [0.29, 0.717) is 13.0 Å². The van der Waals surface area contributed by atoms with Crippen LogP contribution in [0.5, 0.6) is 0 Å². The first kappa shape index (κ1) is 32.8. The van der Waals surface area contributed by atoms with Crippen LogP contribution in [0.25, 0.3) is 0 Å². The highest BCUT2D eigenvalue weighted by atomic mass is 35.5. The highest BCUT2D eigenvalue weighted by Crippen LogP contribution is 2.10. The average molecular weight is 477 g/mol. The lowest BCUT2D eigenvalue weighted by Crippen LogP contribution is -3.00. The number of nitrogens with zero attached hydrogens (tertiary/aromatic N) is 1. The van der Waals surface area contributed by atoms with E-state index in [0.717, 1.165) is 43.5 Å². The molecule has 0 saturated carbocycles. The Morgan fingerprint density at radius 2 is 1.16 bits per heavy atom. The molecule has 0 bridgehead atoms. The van der Waals surface area contributed by atoms with E-state index < -0.39 is 0 Å². The number of amides is 3. The molecule has 0 spiro atoms. The molecule has 0 unspecified atom stereocenters. The number of unbranched alkanes of at least 4 members (excludes halogenated alkanes) is 13. The van der Waals surface area contributed by atoms with E-state index in [2.05, 4.69) is 30.3 Å². The molecule has 0 aliphatic heterocycles. The molecule has 5 N–H and O–H groups in total. The Balaban J connectivity index is 0. The maximum Gasteiger partial charge on any atom is 0.296 e. The predicted octanol–water partition coefficient (Wildman–Crippen LogP) is 0.490. The topological polar surface area (TPSA) is 106 Å². The van der Waals surface area contributed by atoms with Gasteiger partial charge in [-0.25, -0.2) is 5.01 Å². The lowest BCUT2D eigenvalue weighted by atomic mass is 10.1. The van der Waals surface area contributed by atoms with Gasteiger partial charge in [0.15, 0.2) is 6.54 Å². The molecule has 8 heteroatoms. The first-order valence-electron chi connectivity index (χ1n) is 12.7. The molecule has 32 heavy (non-hydrogen) atoms. The quantitative estimate of drug-likeness (QED) is 0.176. The predicted molar refractivity (Wildman–Crippen MR) is 126 cm³/mol. The van der Waals surface area contributed by atoms with Crippen LogP contribution in [0.4, 0.5) is 0 Å². The third-order valence-corrected chi connectivity index (χ3v) is 5.44. The van der Waals surface area contributed by atoms with Crippen LogP contribution in [0.2, 0.25) is 0 Å². The van der Waals surface area contributed by atoms with Gasteiger partial charge in [0.05, 0.1) is 0 Å². The van der Waals surface area contributed by atoms with Crippen molar-refractivity contribution in [2.45, 2.75) is 117 Å². The summed E-state index contributed by atoms with van der Waals surface area (Å²) in [6.07, 6.45) is 18.1. The van der Waals surface area contributed by atoms with Crippen molar-refractivity contribution in [3.05, 3.63) is 0 Å². The number of carbonyl (C=O) groups is 3. The molecular formula is C24H49ClN4O3. The molecule has 3 amide bonds. The van der Waals surface area contributed by atoms with Gasteiger partial charge in [-0.2, -0.15) is 0 Å². The minimum Gasteiger partial charge on any atom is -1.00 e. The lowest BCUT2D eigenvalue weighted by Gasteiger charge is -2.21. The van der Waals surface area contributed by atoms with Crippen molar-refractivity contribution in [2.75, 3.05) is 19.6 Å². The number of hydrogen-bond acceptors (Lipinski definition) is 3. The molecule has 0 saturated heterocycles. The zero-order valence-corrected chi connectivity index (χ0v) is 21.4. The smallest absolute Gasteiger partial charge is 0.296 e. The molecular weight excluding hydrogens is 428 g/mol. The van der Waals surface area contributed by atoms with E-state index in [-0.39, 0.29) is 43.2 Å². The normalized spacial score (nSPS) is 10.3. The Hall–Kier alpha value is -1.34. The molecule has 0 aliphatic rings. The molecule has 0 aromatic heterocycles. The van der Waals surface area contributed by atoms with Gasteiger partial charge in [-0.05, 0) is 12.8 Å². The summed E-state index contributed by atoms with van der Waals surface area (Å²) in [6, 6.07) is 0. The Bertz CT molecular complexity index is 478. The van der Waals surface area contributed by atoms with Gasteiger partial charge in [0.25, 0.3) is 5.91 Å². The van der Waals surface area contributed by atoms with Gasteiger partial charge in [-0.3, -0.25) is 19.8 Å². The van der Waals surface area contributed by atoms with Gasteiger partial charge in [-0.1, -0.05) is 97.3 Å². The fourth-order valence-electron chi connectivity index (χ4n) is 3.46. The van der Waals surface area contributed by atoms with Crippen LogP contribution in [0.1, 0.15) is 117 Å². The van der Waals surface area contributed by atoms with Crippen LogP contribution in [0, 0.1) is 0 Å². The Morgan fingerprint density at radius 1 is 0.688 bits per heavy atom. The highest BCUT2D eigenvalue weighted by molar-refractivity contribution is 5.87. The van der Waals surface area contributed by atoms with Crippen LogP contribution >= 0.6 is 0 Å². The summed E-state index contributed by atoms with van der Waals surface area (Å²) in [7, 11) is 0. The summed E-state index contributed by atoms with van der Waals surface area (Å²) in [5.41, 5.74) is 6.15. The van der Waals surface area contributed by atoms with E-state index in [4.69, 9.17) is 0 Å². The summed E-state index contributed by atoms with van der Waals surface area (Å²) in [6.45, 7) is 4.83. The number of quaternary nitrogens is 1. The van der Waals surface area contributed by atoms with Gasteiger partial charge in [0.2, 0.25) is 11.8 Å². The van der Waals surface area contributed by atoms with Gasteiger partial charge >= 0.3 is 0 Å². The standard InChI is InChI=1S/C24H48N4O3.ClH/c1-3-5-7-9-10-11-12-13-15-17-19-26-23(30)21-28(24(31)20-25)27-22(29)18-16-14-8-6-4-2;/h3-21,25H2,1-2H3,(H,26,30)(H,27,29);1H. The number of hydrogen-bond donors (Lipinski definition) is 3. The minimum absolute atomic E-state index is 0. The van der Waals surface area contributed by atoms with Crippen LogP contribution in [0.3, 0.4) is 0 Å². The van der Waals surface area contributed by atoms with Crippen molar-refractivity contribution >= 4 is 17.7 Å². The highest BCUT2D eigenvalue weighted by Gasteiger charge is 2.19. The monoisotopic (exact) mass is 476 g/mol. The van der Waals surface area contributed by atoms with E-state index >= 15 is 0 Å². The van der Waals surface area contributed by atoms with Gasteiger partial charge in [0, 0.05) is 13.0 Å². The van der Waals surface area contributed by atoms with E-state index in [1.54, 1.807) is 0 Å². The number of nitrogens with one attached hydrogen (secondary N) is 2. The second kappa shape index (κ2) is 24.3. The maximum atomic E-state index is 12.2. The van der Waals surface area contributed by atoms with Crippen LogP contribution in [-0.4, -0.2) is 42.4 Å². The molecule has 7 nitrogen and oxygen atoms in total. The largest absolute Gasteiger partial charge is 1.00 e. The fraction of sp³-hybridized carbons (Fsp3) is 0.875. The molecule has 0 atom stereocenters. The molecule has 0 radical (unpaired) electrons. The molecule has 0 aliphatic carbocycles. The number of rotatable bonds is 20. The lowest BCUT2D eigenvalue weighted by molar-refractivity contribution is -0.357. The number of hydrazine groups is 1. The second-order valence-electron chi connectivity index (χ2n) is 8.46. The number of halogens is 1. The van der Waals surface area contributed by atoms with Crippen LogP contribution in [-0.2, 0) is 14.4 Å². The van der Waals surface area contributed by atoms with Crippen molar-refractivity contribution in [1.82, 2.24) is 15.8 Å². The van der Waals surface area contributed by atoms with E-state index in [1.165, 1.54) is 57.8 Å². The van der Waals surface area contributed by atoms with E-state index in [9.17, 15) is 14.4 Å². The molecule has 0 aromatic carbocycles. The summed E-state index contributed by atoms with van der Waals surface area (Å²) < 4.78 is 0. The van der Waals surface area contributed by atoms with Crippen molar-refractivity contribution < 1.29 is 32.5 Å². The Kier molecular flexibility index (Phi) is 24.9. The average Bonchev–Trinajstić information content (AvgIpc) is 2.76.